The minimum atomic E-state index is -0.613. The number of carbonyl (C=O) groups excluding carboxylic acids is 1. The van der Waals surface area contributed by atoms with E-state index in [9.17, 15) is 4.79 Å². The number of primary amides is 1. The molecule has 1 amide bonds. The number of amides is 1. The smallest absolute Gasteiger partial charge is 0.254 e. The quantitative estimate of drug-likeness (QED) is 0.470. The summed E-state index contributed by atoms with van der Waals surface area (Å²) in [6.45, 7) is 3.85. The van der Waals surface area contributed by atoms with Crippen molar-refractivity contribution >= 4 is 45.0 Å². The number of rotatable bonds is 6. The van der Waals surface area contributed by atoms with Gasteiger partial charge in [-0.05, 0) is 71.2 Å². The number of fused-ring (bicyclic) bond motifs is 1. The van der Waals surface area contributed by atoms with Crippen LogP contribution in [0.15, 0.2) is 41.0 Å². The molecule has 0 fully saturated rings. The van der Waals surface area contributed by atoms with Gasteiger partial charge in [0.1, 0.15) is 17.1 Å². The van der Waals surface area contributed by atoms with Crippen LogP contribution in [0.5, 0.6) is 5.75 Å². The Balaban J connectivity index is 1.70. The number of para-hydroxylation sites is 1. The highest BCUT2D eigenvalue weighted by Gasteiger charge is 2.19. The van der Waals surface area contributed by atoms with Crippen molar-refractivity contribution in [1.29, 1.82) is 0 Å². The van der Waals surface area contributed by atoms with Crippen molar-refractivity contribution in [1.82, 2.24) is 14.9 Å². The zero-order valence-electron chi connectivity index (χ0n) is 18.2. The molecule has 4 rings (SSSR count). The predicted octanol–water partition coefficient (Wildman–Crippen LogP) is 4.13. The third kappa shape index (κ3) is 4.53. The Morgan fingerprint density at radius 3 is 2.78 bits per heavy atom. The number of methoxy groups -OCH3 is 1. The molecule has 0 bridgehead atoms. The molecule has 0 saturated carbocycles. The lowest BCUT2D eigenvalue weighted by Crippen LogP contribution is -2.26. The minimum Gasteiger partial charge on any atom is -0.495 e. The Hall–Kier alpha value is -3.17. The van der Waals surface area contributed by atoms with Crippen LogP contribution in [0.4, 0.5) is 23.1 Å². The number of aryl methyl sites for hydroxylation is 1. The molecule has 3 aromatic rings. The van der Waals surface area contributed by atoms with E-state index in [-0.39, 0.29) is 5.56 Å². The van der Waals surface area contributed by atoms with E-state index in [0.29, 0.717) is 17.5 Å². The molecule has 2 heterocycles. The Bertz CT molecular complexity index is 1160. The summed E-state index contributed by atoms with van der Waals surface area (Å²) in [7, 11) is 3.75. The van der Waals surface area contributed by atoms with Gasteiger partial charge in [-0.25, -0.2) is 4.98 Å². The summed E-state index contributed by atoms with van der Waals surface area (Å²) in [6, 6.07) is 9.94. The van der Waals surface area contributed by atoms with Crippen LogP contribution < -0.4 is 21.1 Å². The van der Waals surface area contributed by atoms with E-state index in [1.165, 1.54) is 17.3 Å². The molecule has 0 saturated heterocycles. The van der Waals surface area contributed by atoms with E-state index < -0.39 is 5.91 Å². The van der Waals surface area contributed by atoms with Crippen LogP contribution in [0.2, 0.25) is 0 Å². The maximum Gasteiger partial charge on any atom is 0.254 e. The van der Waals surface area contributed by atoms with Gasteiger partial charge in [0, 0.05) is 23.8 Å². The molecule has 1 aliphatic rings. The van der Waals surface area contributed by atoms with Gasteiger partial charge in [0.15, 0.2) is 0 Å². The lowest BCUT2D eigenvalue weighted by molar-refractivity contribution is 0.100. The monoisotopic (exact) mass is 496 g/mol. The normalized spacial score (nSPS) is 13.4. The Morgan fingerprint density at radius 1 is 1.25 bits per heavy atom. The van der Waals surface area contributed by atoms with Gasteiger partial charge in [-0.1, -0.05) is 12.1 Å². The van der Waals surface area contributed by atoms with E-state index in [1.807, 2.05) is 25.1 Å². The second-order valence-corrected chi connectivity index (χ2v) is 8.67. The average Bonchev–Trinajstić information content (AvgIpc) is 2.76. The summed E-state index contributed by atoms with van der Waals surface area (Å²) in [5.74, 6) is 0.747. The first-order chi connectivity index (χ1) is 15.4. The summed E-state index contributed by atoms with van der Waals surface area (Å²) >= 11 is 3.54. The fraction of sp³-hybridized carbons (Fsp3) is 0.261. The molecule has 32 heavy (non-hydrogen) atoms. The second-order valence-electron chi connectivity index (χ2n) is 7.81. The SMILES string of the molecule is COc1cc2c(cc1Nc1ncc(C(N)=O)c(Nc3c(C)cccc3Br)n1)CN(C)CC2. The van der Waals surface area contributed by atoms with Crippen LogP contribution in [-0.4, -0.2) is 41.5 Å². The number of hydrogen-bond donors (Lipinski definition) is 3. The van der Waals surface area contributed by atoms with Crippen molar-refractivity contribution in [2.75, 3.05) is 31.3 Å². The molecule has 9 heteroatoms. The molecule has 0 spiro atoms. The summed E-state index contributed by atoms with van der Waals surface area (Å²) in [4.78, 5) is 23.1. The van der Waals surface area contributed by atoms with Crippen LogP contribution in [0.1, 0.15) is 27.0 Å². The predicted molar refractivity (Wildman–Crippen MR) is 129 cm³/mol. The summed E-state index contributed by atoms with van der Waals surface area (Å²) in [5, 5.41) is 6.46. The van der Waals surface area contributed by atoms with Gasteiger partial charge >= 0.3 is 0 Å². The molecule has 1 aromatic heterocycles. The largest absolute Gasteiger partial charge is 0.495 e. The van der Waals surface area contributed by atoms with E-state index >= 15 is 0 Å². The number of aromatic nitrogens is 2. The van der Waals surface area contributed by atoms with Crippen molar-refractivity contribution in [2.24, 2.45) is 5.73 Å². The number of hydrogen-bond acceptors (Lipinski definition) is 7. The number of benzene rings is 2. The van der Waals surface area contributed by atoms with Gasteiger partial charge in [-0.15, -0.1) is 0 Å². The number of carbonyl (C=O) groups is 1. The van der Waals surface area contributed by atoms with E-state index in [1.54, 1.807) is 7.11 Å². The Morgan fingerprint density at radius 2 is 2.06 bits per heavy atom. The fourth-order valence-corrected chi connectivity index (χ4v) is 4.31. The molecule has 0 unspecified atom stereocenters. The van der Waals surface area contributed by atoms with Crippen LogP contribution in [0, 0.1) is 6.92 Å². The van der Waals surface area contributed by atoms with Gasteiger partial charge in [0.25, 0.3) is 5.91 Å². The number of anilines is 4. The third-order valence-corrected chi connectivity index (χ3v) is 6.15. The summed E-state index contributed by atoms with van der Waals surface area (Å²) in [5.41, 5.74) is 10.8. The Labute approximate surface area is 195 Å². The van der Waals surface area contributed by atoms with Crippen molar-refractivity contribution in [3.63, 3.8) is 0 Å². The summed E-state index contributed by atoms with van der Waals surface area (Å²) < 4.78 is 6.45. The maximum atomic E-state index is 12.0. The first kappa shape index (κ1) is 22.0. The van der Waals surface area contributed by atoms with Gasteiger partial charge < -0.3 is 26.0 Å². The molecular formula is C23H25BrN6O2. The number of ether oxygens (including phenoxy) is 1. The van der Waals surface area contributed by atoms with Crippen molar-refractivity contribution in [3.05, 3.63) is 63.3 Å². The first-order valence-corrected chi connectivity index (χ1v) is 11.0. The molecule has 0 aliphatic carbocycles. The zero-order chi connectivity index (χ0) is 22.8. The first-order valence-electron chi connectivity index (χ1n) is 10.2. The number of nitrogens with one attached hydrogen (secondary N) is 2. The van der Waals surface area contributed by atoms with Crippen molar-refractivity contribution in [2.45, 2.75) is 19.9 Å². The number of halogens is 1. The van der Waals surface area contributed by atoms with Crippen LogP contribution in [0.3, 0.4) is 0 Å². The van der Waals surface area contributed by atoms with E-state index in [4.69, 9.17) is 10.5 Å². The highest BCUT2D eigenvalue weighted by Crippen LogP contribution is 2.34. The molecular weight excluding hydrogens is 472 g/mol. The standard InChI is InChI=1S/C23H25BrN6O2/c1-13-5-4-6-17(24)20(13)28-22-16(21(25)31)11-26-23(29-22)27-18-9-15-12-30(2)8-7-14(15)10-19(18)32-3/h4-6,9-11H,7-8,12H2,1-3H3,(H2,25,31)(H2,26,27,28,29). The van der Waals surface area contributed by atoms with Gasteiger partial charge in [-0.2, -0.15) is 4.98 Å². The number of nitrogens with two attached hydrogens (primary N) is 1. The maximum absolute atomic E-state index is 12.0. The molecule has 0 radical (unpaired) electrons. The molecule has 8 nitrogen and oxygen atoms in total. The topological polar surface area (TPSA) is 105 Å². The third-order valence-electron chi connectivity index (χ3n) is 5.49. The van der Waals surface area contributed by atoms with Crippen LogP contribution >= 0.6 is 15.9 Å². The lowest BCUT2D eigenvalue weighted by atomic mass is 9.99. The molecule has 2 aromatic carbocycles. The van der Waals surface area contributed by atoms with E-state index in [0.717, 1.165) is 40.9 Å². The number of nitrogens with zero attached hydrogens (tertiary/aromatic N) is 3. The lowest BCUT2D eigenvalue weighted by Gasteiger charge is -2.26. The minimum absolute atomic E-state index is 0.199. The van der Waals surface area contributed by atoms with Crippen LogP contribution in [0.25, 0.3) is 0 Å². The second kappa shape index (κ2) is 9.13. The van der Waals surface area contributed by atoms with E-state index in [2.05, 4.69) is 60.6 Å². The number of likely N-dealkylation sites (N-methyl/N-ethyl adjacent to an activating group) is 1. The zero-order valence-corrected chi connectivity index (χ0v) is 19.8. The average molecular weight is 497 g/mol. The van der Waals surface area contributed by atoms with Crippen molar-refractivity contribution < 1.29 is 9.53 Å². The molecule has 0 atom stereocenters. The fourth-order valence-electron chi connectivity index (χ4n) is 3.74. The highest BCUT2D eigenvalue weighted by atomic mass is 79.9. The van der Waals surface area contributed by atoms with Gasteiger partial charge in [0.2, 0.25) is 5.95 Å². The van der Waals surface area contributed by atoms with Crippen molar-refractivity contribution in [3.8, 4) is 5.75 Å². The Kier molecular flexibility index (Phi) is 6.29. The highest BCUT2D eigenvalue weighted by molar-refractivity contribution is 9.10. The van der Waals surface area contributed by atoms with Crippen LogP contribution in [-0.2, 0) is 13.0 Å². The van der Waals surface area contributed by atoms with Gasteiger partial charge in [-0.3, -0.25) is 4.79 Å². The molecule has 166 valence electrons. The van der Waals surface area contributed by atoms with Gasteiger partial charge in [0.05, 0.1) is 18.5 Å². The molecule has 1 aliphatic heterocycles. The molecule has 4 N–H and O–H groups in total. The summed E-state index contributed by atoms with van der Waals surface area (Å²) in [6.07, 6.45) is 2.40.